The van der Waals surface area contributed by atoms with Crippen LogP contribution in [0.15, 0.2) is 36.4 Å². The first-order chi connectivity index (χ1) is 12.5. The third-order valence-corrected chi connectivity index (χ3v) is 4.78. The van der Waals surface area contributed by atoms with Crippen LogP contribution in [0.2, 0.25) is 0 Å². The van der Waals surface area contributed by atoms with Gasteiger partial charge in [0.25, 0.3) is 5.91 Å². The molecule has 1 aliphatic rings. The van der Waals surface area contributed by atoms with Crippen molar-refractivity contribution in [3.8, 4) is 5.69 Å². The Morgan fingerprint density at radius 2 is 1.81 bits per heavy atom. The minimum Gasteiger partial charge on any atom is -0.342 e. The lowest BCUT2D eigenvalue weighted by atomic mass is 10.2. The van der Waals surface area contributed by atoms with Crippen molar-refractivity contribution >= 4 is 11.8 Å². The first-order valence-electron chi connectivity index (χ1n) is 9.23. The zero-order chi connectivity index (χ0) is 18.7. The fourth-order valence-corrected chi connectivity index (χ4v) is 3.04. The molecule has 1 aliphatic carbocycles. The SMILES string of the molecule is CCN(CC)C(=O)CN(C)C(=O)c1cc(C2CC2)nn1-c1ccccc1. The maximum Gasteiger partial charge on any atom is 0.272 e. The van der Waals surface area contributed by atoms with Gasteiger partial charge in [0.2, 0.25) is 5.91 Å². The van der Waals surface area contributed by atoms with Crippen LogP contribution in [0.4, 0.5) is 0 Å². The van der Waals surface area contributed by atoms with E-state index in [-0.39, 0.29) is 18.4 Å². The van der Waals surface area contributed by atoms with Gasteiger partial charge in [0, 0.05) is 26.1 Å². The molecule has 0 bridgehead atoms. The monoisotopic (exact) mass is 354 g/mol. The standard InChI is InChI=1S/C20H26N4O2/c1-4-23(5-2)19(25)14-22(3)20(26)18-13-17(15-11-12-15)21-24(18)16-9-7-6-8-10-16/h6-10,13,15H,4-5,11-12,14H2,1-3H3. The van der Waals surface area contributed by atoms with Crippen molar-refractivity contribution in [2.24, 2.45) is 0 Å². The molecule has 0 atom stereocenters. The number of likely N-dealkylation sites (N-methyl/N-ethyl adjacent to an activating group) is 2. The second-order valence-corrected chi connectivity index (χ2v) is 6.70. The minimum absolute atomic E-state index is 0.0426. The van der Waals surface area contributed by atoms with E-state index in [2.05, 4.69) is 5.10 Å². The maximum atomic E-state index is 13.0. The second kappa shape index (κ2) is 7.72. The van der Waals surface area contributed by atoms with Gasteiger partial charge in [0.1, 0.15) is 5.69 Å². The highest BCUT2D eigenvalue weighted by Gasteiger charge is 2.30. The molecule has 0 aliphatic heterocycles. The van der Waals surface area contributed by atoms with Crippen molar-refractivity contribution in [2.75, 3.05) is 26.7 Å². The molecule has 2 amide bonds. The Morgan fingerprint density at radius 1 is 1.15 bits per heavy atom. The van der Waals surface area contributed by atoms with Gasteiger partial charge >= 0.3 is 0 Å². The van der Waals surface area contributed by atoms with E-state index in [4.69, 9.17) is 0 Å². The zero-order valence-corrected chi connectivity index (χ0v) is 15.7. The molecule has 26 heavy (non-hydrogen) atoms. The van der Waals surface area contributed by atoms with Gasteiger partial charge in [-0.25, -0.2) is 4.68 Å². The third-order valence-electron chi connectivity index (χ3n) is 4.78. The number of hydrogen-bond acceptors (Lipinski definition) is 3. The van der Waals surface area contributed by atoms with E-state index in [9.17, 15) is 9.59 Å². The summed E-state index contributed by atoms with van der Waals surface area (Å²) in [6.07, 6.45) is 2.24. The molecule has 6 heteroatoms. The molecule has 3 rings (SSSR count). The minimum atomic E-state index is -0.186. The number of nitrogens with zero attached hydrogens (tertiary/aromatic N) is 4. The summed E-state index contributed by atoms with van der Waals surface area (Å²) in [5.41, 5.74) is 2.32. The van der Waals surface area contributed by atoms with E-state index in [1.54, 1.807) is 16.6 Å². The van der Waals surface area contributed by atoms with E-state index in [0.717, 1.165) is 24.2 Å². The van der Waals surface area contributed by atoms with Crippen LogP contribution in [0.25, 0.3) is 5.69 Å². The molecule has 0 radical (unpaired) electrons. The average molecular weight is 354 g/mol. The molecule has 1 heterocycles. The lowest BCUT2D eigenvalue weighted by Crippen LogP contribution is -2.41. The Morgan fingerprint density at radius 3 is 2.38 bits per heavy atom. The molecule has 2 aromatic rings. The van der Waals surface area contributed by atoms with E-state index in [1.807, 2.05) is 50.2 Å². The molecular formula is C20H26N4O2. The molecular weight excluding hydrogens is 328 g/mol. The van der Waals surface area contributed by atoms with Crippen molar-refractivity contribution in [3.63, 3.8) is 0 Å². The lowest BCUT2D eigenvalue weighted by Gasteiger charge is -2.23. The predicted octanol–water partition coefficient (Wildman–Crippen LogP) is 2.69. The summed E-state index contributed by atoms with van der Waals surface area (Å²) < 4.78 is 1.70. The number of benzene rings is 1. The van der Waals surface area contributed by atoms with Gasteiger partial charge in [0.05, 0.1) is 17.9 Å². The molecule has 0 N–H and O–H groups in total. The average Bonchev–Trinajstić information content (AvgIpc) is 3.41. The molecule has 1 aromatic heterocycles. The van der Waals surface area contributed by atoms with Crippen molar-refractivity contribution < 1.29 is 9.59 Å². The number of rotatable bonds is 7. The highest BCUT2D eigenvalue weighted by Crippen LogP contribution is 2.39. The molecule has 0 unspecified atom stereocenters. The predicted molar refractivity (Wildman–Crippen MR) is 100 cm³/mol. The first kappa shape index (κ1) is 18.2. The Bertz CT molecular complexity index is 776. The number of aromatic nitrogens is 2. The molecule has 1 aromatic carbocycles. The van der Waals surface area contributed by atoms with Crippen molar-refractivity contribution in [3.05, 3.63) is 47.8 Å². The quantitative estimate of drug-likeness (QED) is 0.768. The van der Waals surface area contributed by atoms with Gasteiger partial charge in [-0.3, -0.25) is 9.59 Å². The van der Waals surface area contributed by atoms with Crippen LogP contribution in [-0.4, -0.2) is 58.1 Å². The van der Waals surface area contributed by atoms with E-state index in [1.165, 1.54) is 4.90 Å². The van der Waals surface area contributed by atoms with Crippen LogP contribution in [0.3, 0.4) is 0 Å². The summed E-state index contributed by atoms with van der Waals surface area (Å²) in [5.74, 6) is 0.224. The van der Waals surface area contributed by atoms with Crippen LogP contribution < -0.4 is 0 Å². The molecule has 6 nitrogen and oxygen atoms in total. The Hall–Kier alpha value is -2.63. The molecule has 138 valence electrons. The number of carbonyl (C=O) groups excluding carboxylic acids is 2. The first-order valence-corrected chi connectivity index (χ1v) is 9.23. The maximum absolute atomic E-state index is 13.0. The normalized spacial score (nSPS) is 13.5. The smallest absolute Gasteiger partial charge is 0.272 e. The van der Waals surface area contributed by atoms with Crippen LogP contribution in [0.5, 0.6) is 0 Å². The van der Waals surface area contributed by atoms with Crippen LogP contribution in [0.1, 0.15) is 48.8 Å². The van der Waals surface area contributed by atoms with Gasteiger partial charge in [-0.15, -0.1) is 0 Å². The van der Waals surface area contributed by atoms with E-state index < -0.39 is 0 Å². The zero-order valence-electron chi connectivity index (χ0n) is 15.7. The Labute approximate surface area is 154 Å². The summed E-state index contributed by atoms with van der Waals surface area (Å²) in [6, 6.07) is 11.5. The largest absolute Gasteiger partial charge is 0.342 e. The molecule has 0 saturated heterocycles. The highest BCUT2D eigenvalue weighted by atomic mass is 16.2. The summed E-state index contributed by atoms with van der Waals surface area (Å²) in [6.45, 7) is 5.24. The van der Waals surface area contributed by atoms with Gasteiger partial charge in [-0.05, 0) is 44.9 Å². The van der Waals surface area contributed by atoms with Gasteiger partial charge in [0.15, 0.2) is 0 Å². The van der Waals surface area contributed by atoms with Crippen LogP contribution in [0, 0.1) is 0 Å². The summed E-state index contributed by atoms with van der Waals surface area (Å²) in [5, 5.41) is 4.67. The molecule has 1 saturated carbocycles. The Kier molecular flexibility index (Phi) is 5.40. The molecule has 0 spiro atoms. The van der Waals surface area contributed by atoms with Gasteiger partial charge < -0.3 is 9.80 Å². The van der Waals surface area contributed by atoms with E-state index in [0.29, 0.717) is 24.7 Å². The summed E-state index contributed by atoms with van der Waals surface area (Å²) >= 11 is 0. The van der Waals surface area contributed by atoms with Crippen molar-refractivity contribution in [1.82, 2.24) is 19.6 Å². The fourth-order valence-electron chi connectivity index (χ4n) is 3.04. The van der Waals surface area contributed by atoms with E-state index >= 15 is 0 Å². The fraction of sp³-hybridized carbons (Fsp3) is 0.450. The highest BCUT2D eigenvalue weighted by molar-refractivity contribution is 5.95. The number of amides is 2. The number of carbonyl (C=O) groups is 2. The van der Waals surface area contributed by atoms with Crippen molar-refractivity contribution in [2.45, 2.75) is 32.6 Å². The third kappa shape index (κ3) is 3.79. The van der Waals surface area contributed by atoms with Gasteiger partial charge in [-0.1, -0.05) is 18.2 Å². The number of para-hydroxylation sites is 1. The Balaban J connectivity index is 1.85. The van der Waals surface area contributed by atoms with Crippen molar-refractivity contribution in [1.29, 1.82) is 0 Å². The lowest BCUT2D eigenvalue weighted by molar-refractivity contribution is -0.131. The summed E-state index contributed by atoms with van der Waals surface area (Å²) in [7, 11) is 1.67. The van der Waals surface area contributed by atoms with Crippen LogP contribution >= 0.6 is 0 Å². The topological polar surface area (TPSA) is 58.4 Å². The number of hydrogen-bond donors (Lipinski definition) is 0. The van der Waals surface area contributed by atoms with Crippen LogP contribution in [-0.2, 0) is 4.79 Å². The molecule has 1 fully saturated rings. The van der Waals surface area contributed by atoms with Gasteiger partial charge in [-0.2, -0.15) is 5.10 Å². The summed E-state index contributed by atoms with van der Waals surface area (Å²) in [4.78, 5) is 28.6. The second-order valence-electron chi connectivity index (χ2n) is 6.70.